The summed E-state index contributed by atoms with van der Waals surface area (Å²) in [6, 6.07) is 16.7. The van der Waals surface area contributed by atoms with E-state index in [9.17, 15) is 14.6 Å². The average Bonchev–Trinajstić information content (AvgIpc) is 2.74. The number of halogens is 1. The molecule has 0 saturated heterocycles. The van der Waals surface area contributed by atoms with Crippen molar-refractivity contribution in [3.8, 4) is 22.9 Å². The van der Waals surface area contributed by atoms with Gasteiger partial charge in [0, 0.05) is 16.5 Å². The van der Waals surface area contributed by atoms with Crippen LogP contribution in [0, 0.1) is 12.7 Å². The van der Waals surface area contributed by atoms with Crippen LogP contribution < -0.4 is 5.43 Å². The molecule has 6 nitrogen and oxygen atoms in total. The summed E-state index contributed by atoms with van der Waals surface area (Å²) < 4.78 is 14.2. The maximum Gasteiger partial charge on any atom is 0.165 e. The highest BCUT2D eigenvalue weighted by molar-refractivity contribution is 5.91. The number of phenols is 2. The molecule has 0 spiro atoms. The second-order valence-electron chi connectivity index (χ2n) is 6.41. The molecule has 29 heavy (non-hydrogen) atoms. The Kier molecular flexibility index (Phi) is 4.78. The summed E-state index contributed by atoms with van der Waals surface area (Å²) >= 11 is 0. The highest BCUT2D eigenvalue weighted by Crippen LogP contribution is 2.29. The molecule has 0 saturated carbocycles. The van der Waals surface area contributed by atoms with Crippen LogP contribution in [0.2, 0.25) is 0 Å². The molecule has 0 aliphatic rings. The number of hydrogen-bond donors (Lipinski definition) is 3. The van der Waals surface area contributed by atoms with E-state index in [2.05, 4.69) is 20.5 Å². The third-order valence-electron chi connectivity index (χ3n) is 4.53. The van der Waals surface area contributed by atoms with Crippen molar-refractivity contribution >= 4 is 22.9 Å². The molecule has 4 rings (SSSR count). The molecule has 0 radical (unpaired) electrons. The number of benzene rings is 3. The Morgan fingerprint density at radius 3 is 2.55 bits per heavy atom. The lowest BCUT2D eigenvalue weighted by atomic mass is 10.1. The van der Waals surface area contributed by atoms with Crippen molar-refractivity contribution in [1.82, 2.24) is 9.97 Å². The van der Waals surface area contributed by atoms with E-state index in [1.165, 1.54) is 18.3 Å². The minimum atomic E-state index is -0.415. The predicted octanol–water partition coefficient (Wildman–Crippen LogP) is 4.60. The quantitative estimate of drug-likeness (QED) is 0.351. The van der Waals surface area contributed by atoms with Crippen molar-refractivity contribution < 1.29 is 14.6 Å². The Morgan fingerprint density at radius 1 is 0.966 bits per heavy atom. The topological polar surface area (TPSA) is 90.6 Å². The maximum atomic E-state index is 14.2. The molecular formula is C22H17FN4O2. The fraction of sp³-hybridized carbons (Fsp3) is 0.0455. The average molecular weight is 388 g/mol. The maximum absolute atomic E-state index is 14.2. The second-order valence-corrected chi connectivity index (χ2v) is 6.41. The highest BCUT2D eigenvalue weighted by atomic mass is 19.1. The van der Waals surface area contributed by atoms with Gasteiger partial charge in [0.25, 0.3) is 0 Å². The molecule has 0 aliphatic heterocycles. The molecule has 0 bridgehead atoms. The minimum absolute atomic E-state index is 0.00364. The summed E-state index contributed by atoms with van der Waals surface area (Å²) in [7, 11) is 0. The van der Waals surface area contributed by atoms with E-state index < -0.39 is 5.82 Å². The van der Waals surface area contributed by atoms with E-state index in [1.807, 2.05) is 24.3 Å². The number of fused-ring (bicyclic) bond motifs is 1. The molecule has 0 fully saturated rings. The fourth-order valence-electron chi connectivity index (χ4n) is 2.90. The first-order valence-corrected chi connectivity index (χ1v) is 8.87. The third kappa shape index (κ3) is 3.58. The lowest BCUT2D eigenvalue weighted by molar-refractivity contribution is 0.442. The van der Waals surface area contributed by atoms with E-state index in [4.69, 9.17) is 0 Å². The van der Waals surface area contributed by atoms with Crippen molar-refractivity contribution in [2.45, 2.75) is 6.92 Å². The number of aromatic nitrogens is 2. The van der Waals surface area contributed by atoms with Crippen LogP contribution in [0.25, 0.3) is 22.3 Å². The van der Waals surface area contributed by atoms with E-state index >= 15 is 0 Å². The van der Waals surface area contributed by atoms with Gasteiger partial charge in [-0.1, -0.05) is 24.3 Å². The zero-order valence-electron chi connectivity index (χ0n) is 15.5. The molecule has 0 amide bonds. The van der Waals surface area contributed by atoms with Crippen molar-refractivity contribution in [2.24, 2.45) is 5.10 Å². The number of aromatic hydroxyl groups is 2. The van der Waals surface area contributed by atoms with Crippen LogP contribution in [0.4, 0.5) is 10.2 Å². The van der Waals surface area contributed by atoms with Crippen LogP contribution in [0.15, 0.2) is 65.8 Å². The van der Waals surface area contributed by atoms with Crippen LogP contribution in [-0.2, 0) is 0 Å². The van der Waals surface area contributed by atoms with Gasteiger partial charge in [0.05, 0.1) is 17.3 Å². The Labute approximate surface area is 166 Å². The van der Waals surface area contributed by atoms with Gasteiger partial charge in [0.1, 0.15) is 17.3 Å². The van der Waals surface area contributed by atoms with Gasteiger partial charge in [-0.3, -0.25) is 5.43 Å². The molecule has 1 aromatic heterocycles. The second kappa shape index (κ2) is 7.55. The predicted molar refractivity (Wildman–Crippen MR) is 111 cm³/mol. The fourth-order valence-corrected chi connectivity index (χ4v) is 2.90. The lowest BCUT2D eigenvalue weighted by Gasteiger charge is -2.09. The number of phenolic OH excluding ortho intramolecular Hbond substituents is 2. The van der Waals surface area contributed by atoms with Gasteiger partial charge in [0.15, 0.2) is 11.6 Å². The standard InChI is InChI=1S/C22H17FN4O2/c1-13-19(28)11-10-14(20(13)29)12-24-27-22-16-7-3-5-9-18(16)25-21(26-22)15-6-2-4-8-17(15)23/h2-12,28-29H,1H3,(H,25,26,27)/b24-12-. The van der Waals surface area contributed by atoms with Crippen molar-refractivity contribution in [2.75, 3.05) is 5.43 Å². The van der Waals surface area contributed by atoms with E-state index in [0.717, 1.165) is 5.39 Å². The smallest absolute Gasteiger partial charge is 0.165 e. The van der Waals surface area contributed by atoms with Gasteiger partial charge in [-0.25, -0.2) is 14.4 Å². The Balaban J connectivity index is 1.73. The number of nitrogens with zero attached hydrogens (tertiary/aromatic N) is 3. The van der Waals surface area contributed by atoms with Crippen LogP contribution >= 0.6 is 0 Å². The van der Waals surface area contributed by atoms with Gasteiger partial charge in [0.2, 0.25) is 0 Å². The van der Waals surface area contributed by atoms with E-state index in [-0.39, 0.29) is 22.9 Å². The Morgan fingerprint density at radius 2 is 1.72 bits per heavy atom. The largest absolute Gasteiger partial charge is 0.508 e. The molecule has 1 heterocycles. The molecule has 144 valence electrons. The Bertz CT molecular complexity index is 1240. The van der Waals surface area contributed by atoms with Gasteiger partial charge in [-0.05, 0) is 43.3 Å². The van der Waals surface area contributed by atoms with Crippen LogP contribution in [-0.4, -0.2) is 26.4 Å². The van der Waals surface area contributed by atoms with Crippen molar-refractivity contribution in [1.29, 1.82) is 0 Å². The number of hydrogen-bond acceptors (Lipinski definition) is 6. The summed E-state index contributed by atoms with van der Waals surface area (Å²) in [5, 5.41) is 24.6. The summed E-state index contributed by atoms with van der Waals surface area (Å²) in [6.45, 7) is 1.61. The first-order chi connectivity index (χ1) is 14.0. The number of para-hydroxylation sites is 1. The molecule has 4 aromatic rings. The van der Waals surface area contributed by atoms with E-state index in [0.29, 0.717) is 22.5 Å². The number of rotatable bonds is 4. The normalized spacial score (nSPS) is 11.2. The van der Waals surface area contributed by atoms with Crippen LogP contribution in [0.5, 0.6) is 11.5 Å². The number of nitrogens with one attached hydrogen (secondary N) is 1. The van der Waals surface area contributed by atoms with Gasteiger partial charge in [-0.2, -0.15) is 5.10 Å². The molecule has 3 N–H and O–H groups in total. The third-order valence-corrected chi connectivity index (χ3v) is 4.53. The van der Waals surface area contributed by atoms with Gasteiger partial charge in [-0.15, -0.1) is 0 Å². The molecule has 3 aromatic carbocycles. The van der Waals surface area contributed by atoms with Crippen LogP contribution in [0.3, 0.4) is 0 Å². The van der Waals surface area contributed by atoms with E-state index in [1.54, 1.807) is 31.2 Å². The SMILES string of the molecule is Cc1c(O)ccc(/C=N\Nc2nc(-c3ccccc3F)nc3ccccc23)c1O. The first kappa shape index (κ1) is 18.4. The van der Waals surface area contributed by atoms with Crippen molar-refractivity contribution in [3.05, 3.63) is 77.6 Å². The molecule has 7 heteroatoms. The summed E-state index contributed by atoms with van der Waals surface area (Å²) in [5.74, 6) is 0.170. The van der Waals surface area contributed by atoms with Crippen molar-refractivity contribution in [3.63, 3.8) is 0 Å². The lowest BCUT2D eigenvalue weighted by Crippen LogP contribution is -2.00. The molecule has 0 atom stereocenters. The first-order valence-electron chi connectivity index (χ1n) is 8.87. The Hall–Kier alpha value is -4.00. The van der Waals surface area contributed by atoms with Gasteiger partial charge >= 0.3 is 0 Å². The summed E-state index contributed by atoms with van der Waals surface area (Å²) in [5.41, 5.74) is 4.57. The minimum Gasteiger partial charge on any atom is -0.508 e. The number of hydrazone groups is 1. The molecule has 0 unspecified atom stereocenters. The molecular weight excluding hydrogens is 371 g/mol. The number of anilines is 1. The van der Waals surface area contributed by atoms with Crippen LogP contribution in [0.1, 0.15) is 11.1 Å². The summed E-state index contributed by atoms with van der Waals surface area (Å²) in [6.07, 6.45) is 1.42. The molecule has 0 aliphatic carbocycles. The highest BCUT2D eigenvalue weighted by Gasteiger charge is 2.12. The zero-order chi connectivity index (χ0) is 20.4. The monoisotopic (exact) mass is 388 g/mol. The zero-order valence-corrected chi connectivity index (χ0v) is 15.5. The summed E-state index contributed by atoms with van der Waals surface area (Å²) in [4.78, 5) is 8.90. The van der Waals surface area contributed by atoms with Gasteiger partial charge < -0.3 is 10.2 Å².